The summed E-state index contributed by atoms with van der Waals surface area (Å²) in [5, 5.41) is 19.4. The first-order valence-electron chi connectivity index (χ1n) is 5.83. The molecule has 0 spiro atoms. The van der Waals surface area contributed by atoms with Crippen LogP contribution in [0.3, 0.4) is 0 Å². The normalized spacial score (nSPS) is 27.1. The average Bonchev–Trinajstić information content (AvgIpc) is 2.69. The molecule has 1 aliphatic heterocycles. The van der Waals surface area contributed by atoms with Gasteiger partial charge in [-0.15, -0.1) is 0 Å². The molecule has 4 atom stereocenters. The fourth-order valence-corrected chi connectivity index (χ4v) is 2.58. The van der Waals surface area contributed by atoms with Crippen molar-refractivity contribution in [1.29, 1.82) is 0 Å². The van der Waals surface area contributed by atoms with Crippen LogP contribution >= 0.6 is 7.60 Å². The van der Waals surface area contributed by atoms with Crippen LogP contribution in [0.15, 0.2) is 23.1 Å². The van der Waals surface area contributed by atoms with Crippen LogP contribution in [0.25, 0.3) is 0 Å². The maximum absolute atomic E-state index is 13.4. The number of rotatable bonds is 3. The fraction of sp³-hybridized carbons (Fsp3) is 0.400. The summed E-state index contributed by atoms with van der Waals surface area (Å²) in [5.74, 6) is -4.02. The molecule has 2 rings (SSSR count). The number of nitrogen functional groups attached to an aromatic ring is 1. The lowest BCUT2D eigenvalue weighted by Gasteiger charge is -2.21. The molecule has 0 saturated carbocycles. The van der Waals surface area contributed by atoms with E-state index in [2.05, 4.69) is 11.6 Å². The molecule has 6 N–H and O–H groups in total. The van der Waals surface area contributed by atoms with E-state index < -0.39 is 49.2 Å². The van der Waals surface area contributed by atoms with Crippen LogP contribution in [0.4, 0.5) is 10.2 Å². The van der Waals surface area contributed by atoms with Crippen molar-refractivity contribution in [2.45, 2.75) is 24.3 Å². The zero-order chi connectivity index (χ0) is 16.8. The van der Waals surface area contributed by atoms with Crippen molar-refractivity contribution in [1.82, 2.24) is 9.55 Å². The first kappa shape index (κ1) is 16.7. The van der Waals surface area contributed by atoms with Gasteiger partial charge in [0.2, 0.25) is 0 Å². The molecule has 1 saturated heterocycles. The fourth-order valence-electron chi connectivity index (χ4n) is 1.96. The average molecular weight is 337 g/mol. The number of anilines is 1. The van der Waals surface area contributed by atoms with E-state index >= 15 is 0 Å². The van der Waals surface area contributed by atoms with Gasteiger partial charge in [0.25, 0.3) is 0 Å². The lowest BCUT2D eigenvalue weighted by molar-refractivity contribution is -0.0639. The molecule has 1 aromatic rings. The van der Waals surface area contributed by atoms with E-state index in [0.29, 0.717) is 10.8 Å². The molecule has 0 amide bonds. The number of nitrogens with two attached hydrogens (primary N) is 1. The molecular weight excluding hydrogens is 324 g/mol. The maximum atomic E-state index is 13.4. The molecule has 122 valence electrons. The smallest absolute Gasteiger partial charge is 0.356 e. The summed E-state index contributed by atoms with van der Waals surface area (Å²) in [6.07, 6.45) is -4.23. The lowest BCUT2D eigenvalue weighted by Crippen LogP contribution is -2.35. The van der Waals surface area contributed by atoms with Crippen molar-refractivity contribution < 1.29 is 33.7 Å². The SMILES string of the molecule is C=C1C(O)[C@@H](C(O)P(=O)(O)O)O[C@H]1n1cc(F)c(N)nc1=O. The summed E-state index contributed by atoms with van der Waals surface area (Å²) in [5.41, 5.74) is 3.90. The Bertz CT molecular complexity index is 717. The second-order valence-corrected chi connectivity index (χ2v) is 6.35. The third-order valence-electron chi connectivity index (χ3n) is 3.12. The van der Waals surface area contributed by atoms with Crippen molar-refractivity contribution in [3.63, 3.8) is 0 Å². The molecule has 22 heavy (non-hydrogen) atoms. The molecule has 0 bridgehead atoms. The van der Waals surface area contributed by atoms with Crippen LogP contribution in [-0.4, -0.2) is 47.6 Å². The van der Waals surface area contributed by atoms with Crippen LogP contribution in [0.1, 0.15) is 6.23 Å². The Morgan fingerprint density at radius 2 is 2.14 bits per heavy atom. The highest BCUT2D eigenvalue weighted by atomic mass is 31.2. The Labute approximate surface area is 122 Å². The lowest BCUT2D eigenvalue weighted by atomic mass is 10.1. The number of hydrogen-bond donors (Lipinski definition) is 5. The number of hydrogen-bond acceptors (Lipinski definition) is 7. The Kier molecular flexibility index (Phi) is 4.22. The van der Waals surface area contributed by atoms with E-state index in [9.17, 15) is 24.0 Å². The minimum absolute atomic E-state index is 0.203. The second-order valence-electron chi connectivity index (χ2n) is 4.64. The van der Waals surface area contributed by atoms with Crippen molar-refractivity contribution in [2.24, 2.45) is 0 Å². The van der Waals surface area contributed by atoms with E-state index in [0.717, 1.165) is 0 Å². The van der Waals surface area contributed by atoms with Crippen molar-refractivity contribution in [2.75, 3.05) is 5.73 Å². The van der Waals surface area contributed by atoms with Gasteiger partial charge in [0.05, 0.1) is 6.20 Å². The number of nitrogens with zero attached hydrogens (tertiary/aromatic N) is 2. The third kappa shape index (κ3) is 2.82. The quantitative estimate of drug-likeness (QED) is 0.318. The standard InChI is InChI=1S/C10H13FN3O7P/c1-3-5(15)6(9(16)22(18,19)20)21-8(3)14-2-4(11)7(12)13-10(14)17/h2,5-6,8-9,15-16H,1H2,(H2,12,13,17)(H2,18,19,20)/t5?,6-,8+,9?/m0/s1. The number of aromatic nitrogens is 2. The topological polar surface area (TPSA) is 168 Å². The molecule has 0 aromatic carbocycles. The Morgan fingerprint density at radius 1 is 1.55 bits per heavy atom. The summed E-state index contributed by atoms with van der Waals surface area (Å²) in [6, 6.07) is 0. The molecule has 1 aromatic heterocycles. The molecule has 2 unspecified atom stereocenters. The van der Waals surface area contributed by atoms with Crippen LogP contribution < -0.4 is 11.4 Å². The van der Waals surface area contributed by atoms with Gasteiger partial charge in [-0.25, -0.2) is 9.18 Å². The van der Waals surface area contributed by atoms with Gasteiger partial charge in [0.1, 0.15) is 12.2 Å². The molecule has 10 nitrogen and oxygen atoms in total. The molecular formula is C10H13FN3O7P. The zero-order valence-corrected chi connectivity index (χ0v) is 11.8. The van der Waals surface area contributed by atoms with E-state index in [-0.39, 0.29) is 5.57 Å². The first-order valence-corrected chi connectivity index (χ1v) is 7.52. The van der Waals surface area contributed by atoms with E-state index in [1.807, 2.05) is 0 Å². The summed E-state index contributed by atoms with van der Waals surface area (Å²) >= 11 is 0. The number of halogens is 1. The van der Waals surface area contributed by atoms with E-state index in [1.54, 1.807) is 0 Å². The van der Waals surface area contributed by atoms with Gasteiger partial charge < -0.3 is 30.5 Å². The Hall–Kier alpha value is -1.62. The summed E-state index contributed by atoms with van der Waals surface area (Å²) in [6.45, 7) is 3.42. The summed E-state index contributed by atoms with van der Waals surface area (Å²) in [4.78, 5) is 32.7. The number of aliphatic hydroxyl groups excluding tert-OH is 2. The number of aliphatic hydroxyl groups is 2. The predicted molar refractivity (Wildman–Crippen MR) is 70.0 cm³/mol. The molecule has 12 heteroatoms. The predicted octanol–water partition coefficient (Wildman–Crippen LogP) is -1.72. The molecule has 1 aliphatic rings. The van der Waals surface area contributed by atoms with Gasteiger partial charge in [-0.05, 0) is 0 Å². The van der Waals surface area contributed by atoms with E-state index in [4.69, 9.17) is 20.3 Å². The van der Waals surface area contributed by atoms with Gasteiger partial charge in [0.15, 0.2) is 23.7 Å². The van der Waals surface area contributed by atoms with Crippen LogP contribution in [0.5, 0.6) is 0 Å². The molecule has 0 radical (unpaired) electrons. The van der Waals surface area contributed by atoms with Gasteiger partial charge in [-0.2, -0.15) is 4.98 Å². The first-order chi connectivity index (χ1) is 10.0. The van der Waals surface area contributed by atoms with Crippen LogP contribution in [0, 0.1) is 5.82 Å². The third-order valence-corrected chi connectivity index (χ3v) is 4.10. The van der Waals surface area contributed by atoms with Crippen LogP contribution in [-0.2, 0) is 9.30 Å². The molecule has 0 aliphatic carbocycles. The largest absolute Gasteiger partial charge is 0.386 e. The molecule has 2 heterocycles. The van der Waals surface area contributed by atoms with Crippen molar-refractivity contribution in [3.05, 3.63) is 34.7 Å². The monoisotopic (exact) mass is 337 g/mol. The Balaban J connectivity index is 2.40. The molecule has 1 fully saturated rings. The van der Waals surface area contributed by atoms with Crippen LogP contribution in [0.2, 0.25) is 0 Å². The highest BCUT2D eigenvalue weighted by molar-refractivity contribution is 7.52. The summed E-state index contributed by atoms with van der Waals surface area (Å²) in [7, 11) is -4.98. The van der Waals surface area contributed by atoms with Crippen molar-refractivity contribution in [3.8, 4) is 0 Å². The second kappa shape index (κ2) is 5.54. The van der Waals surface area contributed by atoms with Gasteiger partial charge in [-0.1, -0.05) is 6.58 Å². The number of ether oxygens (including phenoxy) is 1. The maximum Gasteiger partial charge on any atom is 0.356 e. The summed E-state index contributed by atoms with van der Waals surface area (Å²) < 4.78 is 30.1. The van der Waals surface area contributed by atoms with E-state index in [1.165, 1.54) is 0 Å². The minimum atomic E-state index is -4.98. The van der Waals surface area contributed by atoms with Gasteiger partial charge >= 0.3 is 13.3 Å². The Morgan fingerprint density at radius 3 is 2.68 bits per heavy atom. The van der Waals surface area contributed by atoms with Crippen molar-refractivity contribution >= 4 is 13.4 Å². The van der Waals surface area contributed by atoms with Gasteiger partial charge in [0, 0.05) is 5.57 Å². The highest BCUT2D eigenvalue weighted by Gasteiger charge is 2.48. The van der Waals surface area contributed by atoms with Gasteiger partial charge in [-0.3, -0.25) is 9.13 Å². The minimum Gasteiger partial charge on any atom is -0.386 e. The highest BCUT2D eigenvalue weighted by Crippen LogP contribution is 2.47. The zero-order valence-electron chi connectivity index (χ0n) is 10.9.